The molecule has 0 bridgehead atoms. The van der Waals surface area contributed by atoms with E-state index in [1.165, 1.54) is 26.3 Å². The molecule has 34 heavy (non-hydrogen) atoms. The van der Waals surface area contributed by atoms with Crippen LogP contribution in [0.5, 0.6) is 0 Å². The highest BCUT2D eigenvalue weighted by Gasteiger charge is 2.18. The standard InChI is InChI=1S/C26H30FN3O4/c1-26(2,3)34-23(31)12-7-6-11-21-24(17-9-8-10-19(27)15-17)29-20-14-13-18(16-22(20)28-21)25(32)30(4)33-5/h8-10,13-16H,6-7,11-12H2,1-5H3. The second-order valence-corrected chi connectivity index (χ2v) is 9.01. The number of ether oxygens (including phenoxy) is 1. The third kappa shape index (κ3) is 6.57. The first kappa shape index (κ1) is 25.2. The zero-order valence-electron chi connectivity index (χ0n) is 20.2. The van der Waals surface area contributed by atoms with Crippen LogP contribution in [0.2, 0.25) is 0 Å². The van der Waals surface area contributed by atoms with Gasteiger partial charge in [0.25, 0.3) is 5.91 Å². The number of halogens is 1. The van der Waals surface area contributed by atoms with Gasteiger partial charge in [-0.3, -0.25) is 14.4 Å². The molecule has 0 aliphatic carbocycles. The lowest BCUT2D eigenvalue weighted by atomic mass is 10.0. The average Bonchev–Trinajstić information content (AvgIpc) is 2.78. The lowest BCUT2D eigenvalue weighted by Crippen LogP contribution is -2.25. The number of amides is 1. The molecule has 0 spiro atoms. The molecule has 0 atom stereocenters. The summed E-state index contributed by atoms with van der Waals surface area (Å²) < 4.78 is 19.3. The summed E-state index contributed by atoms with van der Waals surface area (Å²) in [5, 5.41) is 1.13. The third-order valence-electron chi connectivity index (χ3n) is 5.11. The van der Waals surface area contributed by atoms with Gasteiger partial charge in [-0.15, -0.1) is 0 Å². The molecule has 0 N–H and O–H groups in total. The number of aromatic nitrogens is 2. The van der Waals surface area contributed by atoms with E-state index in [1.807, 2.05) is 20.8 Å². The lowest BCUT2D eigenvalue weighted by molar-refractivity contribution is -0.154. The number of nitrogens with zero attached hydrogens (tertiary/aromatic N) is 3. The minimum atomic E-state index is -0.516. The van der Waals surface area contributed by atoms with Crippen LogP contribution >= 0.6 is 0 Å². The van der Waals surface area contributed by atoms with Crippen LogP contribution in [0.4, 0.5) is 4.39 Å². The number of unbranched alkanes of at least 4 members (excludes halogenated alkanes) is 1. The molecular weight excluding hydrogens is 437 g/mol. The molecular formula is C26H30FN3O4. The van der Waals surface area contributed by atoms with Crippen LogP contribution in [0.1, 0.15) is 56.1 Å². The van der Waals surface area contributed by atoms with E-state index in [4.69, 9.17) is 19.5 Å². The molecule has 180 valence electrons. The van der Waals surface area contributed by atoms with E-state index in [0.717, 1.165) is 5.06 Å². The largest absolute Gasteiger partial charge is 0.460 e. The van der Waals surface area contributed by atoms with Gasteiger partial charge in [-0.1, -0.05) is 12.1 Å². The van der Waals surface area contributed by atoms with E-state index in [2.05, 4.69) is 0 Å². The second-order valence-electron chi connectivity index (χ2n) is 9.01. The molecule has 7 nitrogen and oxygen atoms in total. The monoisotopic (exact) mass is 467 g/mol. The Hall–Kier alpha value is -3.39. The minimum absolute atomic E-state index is 0.243. The van der Waals surface area contributed by atoms with Crippen molar-refractivity contribution in [3.63, 3.8) is 0 Å². The molecule has 8 heteroatoms. The highest BCUT2D eigenvalue weighted by atomic mass is 19.1. The second kappa shape index (κ2) is 10.7. The Morgan fingerprint density at radius 2 is 1.79 bits per heavy atom. The van der Waals surface area contributed by atoms with Gasteiger partial charge in [-0.2, -0.15) is 0 Å². The van der Waals surface area contributed by atoms with E-state index in [0.29, 0.717) is 59.2 Å². The number of aryl methyl sites for hydroxylation is 1. The molecule has 1 aromatic heterocycles. The van der Waals surface area contributed by atoms with Gasteiger partial charge < -0.3 is 4.74 Å². The molecule has 2 aromatic carbocycles. The average molecular weight is 468 g/mol. The van der Waals surface area contributed by atoms with Crippen molar-refractivity contribution < 1.29 is 23.6 Å². The van der Waals surface area contributed by atoms with E-state index in [1.54, 1.807) is 30.3 Å². The van der Waals surface area contributed by atoms with Gasteiger partial charge in [-0.05, 0) is 70.4 Å². The Morgan fingerprint density at radius 1 is 1.03 bits per heavy atom. The van der Waals surface area contributed by atoms with Crippen molar-refractivity contribution in [3.8, 4) is 11.3 Å². The summed E-state index contributed by atoms with van der Waals surface area (Å²) in [4.78, 5) is 39.0. The first-order valence-corrected chi connectivity index (χ1v) is 11.2. The van der Waals surface area contributed by atoms with Crippen LogP contribution in [0.3, 0.4) is 0 Å². The predicted molar refractivity (Wildman–Crippen MR) is 127 cm³/mol. The van der Waals surface area contributed by atoms with Crippen LogP contribution in [0.15, 0.2) is 42.5 Å². The van der Waals surface area contributed by atoms with Crippen molar-refractivity contribution in [1.29, 1.82) is 0 Å². The van der Waals surface area contributed by atoms with Crippen molar-refractivity contribution in [2.45, 2.75) is 52.1 Å². The molecule has 0 fully saturated rings. The molecule has 3 aromatic rings. The molecule has 0 radical (unpaired) electrons. The fraction of sp³-hybridized carbons (Fsp3) is 0.385. The smallest absolute Gasteiger partial charge is 0.306 e. The number of hydroxylamine groups is 2. The molecule has 0 aliphatic heterocycles. The van der Waals surface area contributed by atoms with Crippen LogP contribution in [0, 0.1) is 5.82 Å². The first-order chi connectivity index (χ1) is 16.1. The summed E-state index contributed by atoms with van der Waals surface area (Å²) in [5.74, 6) is -0.911. The van der Waals surface area contributed by atoms with Gasteiger partial charge in [0.1, 0.15) is 11.4 Å². The number of rotatable bonds is 8. The molecule has 0 saturated heterocycles. The summed E-state index contributed by atoms with van der Waals surface area (Å²) in [6.45, 7) is 5.51. The summed E-state index contributed by atoms with van der Waals surface area (Å²) in [7, 11) is 2.95. The van der Waals surface area contributed by atoms with E-state index in [9.17, 15) is 14.0 Å². The lowest BCUT2D eigenvalue weighted by Gasteiger charge is -2.19. The summed E-state index contributed by atoms with van der Waals surface area (Å²) in [6, 6.07) is 11.3. The normalized spacial score (nSPS) is 11.5. The van der Waals surface area contributed by atoms with E-state index in [-0.39, 0.29) is 17.7 Å². The first-order valence-electron chi connectivity index (χ1n) is 11.2. The predicted octanol–water partition coefficient (Wildman–Crippen LogP) is 5.12. The van der Waals surface area contributed by atoms with Crippen LogP contribution < -0.4 is 0 Å². The van der Waals surface area contributed by atoms with Gasteiger partial charge in [0, 0.05) is 24.6 Å². The fourth-order valence-electron chi connectivity index (χ4n) is 3.48. The maximum Gasteiger partial charge on any atom is 0.306 e. The highest BCUT2D eigenvalue weighted by Crippen LogP contribution is 2.26. The van der Waals surface area contributed by atoms with Crippen molar-refractivity contribution in [2.24, 2.45) is 0 Å². The van der Waals surface area contributed by atoms with Gasteiger partial charge in [0.15, 0.2) is 0 Å². The van der Waals surface area contributed by atoms with Gasteiger partial charge in [0.2, 0.25) is 0 Å². The van der Waals surface area contributed by atoms with Gasteiger partial charge >= 0.3 is 5.97 Å². The molecule has 1 amide bonds. The number of esters is 1. The maximum atomic E-state index is 13.9. The fourth-order valence-corrected chi connectivity index (χ4v) is 3.48. The quantitative estimate of drug-likeness (QED) is 0.260. The van der Waals surface area contributed by atoms with Gasteiger partial charge in [0.05, 0.1) is 29.5 Å². The van der Waals surface area contributed by atoms with E-state index >= 15 is 0 Å². The van der Waals surface area contributed by atoms with E-state index < -0.39 is 5.60 Å². The van der Waals surface area contributed by atoms with Crippen LogP contribution in [-0.4, -0.2) is 46.7 Å². The van der Waals surface area contributed by atoms with Crippen LogP contribution in [-0.2, 0) is 20.8 Å². The third-order valence-corrected chi connectivity index (χ3v) is 5.11. The van der Waals surface area contributed by atoms with Crippen molar-refractivity contribution in [2.75, 3.05) is 14.2 Å². The zero-order valence-corrected chi connectivity index (χ0v) is 20.2. The zero-order chi connectivity index (χ0) is 24.9. The van der Waals surface area contributed by atoms with Crippen LogP contribution in [0.25, 0.3) is 22.3 Å². The summed E-state index contributed by atoms with van der Waals surface area (Å²) in [5.41, 5.74) is 2.92. The Labute approximate surface area is 198 Å². The molecule has 3 rings (SSSR count). The number of hydrogen-bond donors (Lipinski definition) is 0. The Kier molecular flexibility index (Phi) is 7.94. The number of carbonyl (C=O) groups excluding carboxylic acids is 2. The Morgan fingerprint density at radius 3 is 2.47 bits per heavy atom. The number of carbonyl (C=O) groups is 2. The summed E-state index contributed by atoms with van der Waals surface area (Å²) >= 11 is 0. The molecule has 0 aliphatic rings. The number of benzene rings is 2. The minimum Gasteiger partial charge on any atom is -0.460 e. The Balaban J connectivity index is 1.89. The van der Waals surface area contributed by atoms with Gasteiger partial charge in [-0.25, -0.2) is 19.4 Å². The van der Waals surface area contributed by atoms with Crippen molar-refractivity contribution in [3.05, 3.63) is 59.5 Å². The highest BCUT2D eigenvalue weighted by molar-refractivity contribution is 5.96. The summed E-state index contributed by atoms with van der Waals surface area (Å²) in [6.07, 6.45) is 2.13. The number of fused-ring (bicyclic) bond motifs is 1. The molecule has 0 unspecified atom stereocenters. The molecule has 0 saturated carbocycles. The van der Waals surface area contributed by atoms with Crippen molar-refractivity contribution >= 4 is 22.9 Å². The SMILES string of the molecule is CON(C)C(=O)c1ccc2nc(-c3cccc(F)c3)c(CCCCC(=O)OC(C)(C)C)nc2c1. The topological polar surface area (TPSA) is 81.6 Å². The Bertz CT molecular complexity index is 1190. The molecule has 1 heterocycles. The van der Waals surface area contributed by atoms with Crippen molar-refractivity contribution in [1.82, 2.24) is 15.0 Å². The number of hydrogen-bond acceptors (Lipinski definition) is 6. The maximum absolute atomic E-state index is 13.9.